The van der Waals surface area contributed by atoms with Gasteiger partial charge in [-0.3, -0.25) is 0 Å². The highest BCUT2D eigenvalue weighted by Crippen LogP contribution is 2.64. The van der Waals surface area contributed by atoms with Gasteiger partial charge < -0.3 is 0 Å². The van der Waals surface area contributed by atoms with E-state index in [2.05, 4.69) is 91.0 Å². The van der Waals surface area contributed by atoms with Gasteiger partial charge in [0.05, 0.1) is 26.6 Å². The summed E-state index contributed by atoms with van der Waals surface area (Å²) in [5, 5.41) is 0. The second-order valence-corrected chi connectivity index (χ2v) is 18.4. The van der Waals surface area contributed by atoms with E-state index in [9.17, 15) is 8.42 Å². The molecule has 0 radical (unpaired) electrons. The fraction of sp³-hybridized carbons (Fsp3) is 0.0175. The Labute approximate surface area is 370 Å². The van der Waals surface area contributed by atoms with E-state index in [1.54, 1.807) is 6.07 Å². The Morgan fingerprint density at radius 2 is 0.875 bits per heavy atom. The van der Waals surface area contributed by atoms with Gasteiger partial charge in [-0.15, -0.1) is 0 Å². The molecule has 300 valence electrons. The fourth-order valence-electron chi connectivity index (χ4n) is 10.5. The number of aromatic nitrogens is 4. The maximum atomic E-state index is 14.9. The largest absolute Gasteiger partial charge is 0.236 e. The highest BCUT2D eigenvalue weighted by molar-refractivity contribution is 7.92. The van der Waals surface area contributed by atoms with Gasteiger partial charge in [-0.2, -0.15) is 0 Å². The second-order valence-electron chi connectivity index (χ2n) is 16.5. The molecule has 10 aromatic rings. The molecule has 13 rings (SSSR count). The first-order valence-electron chi connectivity index (χ1n) is 21.3. The van der Waals surface area contributed by atoms with Crippen LogP contribution in [0.4, 0.5) is 0 Å². The Kier molecular flexibility index (Phi) is 7.81. The summed E-state index contributed by atoms with van der Waals surface area (Å²) in [5.74, 6) is 1.22. The Morgan fingerprint density at radius 1 is 0.359 bits per heavy atom. The molecule has 2 aliphatic carbocycles. The van der Waals surface area contributed by atoms with E-state index in [1.165, 1.54) is 0 Å². The maximum absolute atomic E-state index is 14.9. The number of hydrogen-bond acceptors (Lipinski definition) is 6. The van der Waals surface area contributed by atoms with Crippen molar-refractivity contribution >= 4 is 9.84 Å². The van der Waals surface area contributed by atoms with E-state index < -0.39 is 15.3 Å². The number of sulfone groups is 1. The number of benzene rings is 8. The molecular weight excluding hydrogens is 805 g/mol. The van der Waals surface area contributed by atoms with E-state index in [0.29, 0.717) is 27.1 Å². The van der Waals surface area contributed by atoms with E-state index >= 15 is 0 Å². The monoisotopic (exact) mass is 838 g/mol. The van der Waals surface area contributed by atoms with E-state index in [4.69, 9.17) is 19.9 Å². The van der Waals surface area contributed by atoms with Crippen LogP contribution >= 0.6 is 0 Å². The average molecular weight is 839 g/mol. The van der Waals surface area contributed by atoms with Crippen molar-refractivity contribution in [2.45, 2.75) is 15.2 Å². The van der Waals surface area contributed by atoms with Gasteiger partial charge in [0.2, 0.25) is 9.84 Å². The van der Waals surface area contributed by atoms with Gasteiger partial charge in [0, 0.05) is 51.3 Å². The molecule has 1 aliphatic heterocycles. The minimum atomic E-state index is -3.86. The van der Waals surface area contributed by atoms with Crippen LogP contribution in [0.15, 0.2) is 216 Å². The lowest BCUT2D eigenvalue weighted by atomic mass is 9.65. The SMILES string of the molecule is O=S1(=O)c2ccccc2-c2ccc3c(c21)-c1ccccc1C31c2ccccc2-c2ccccc2-c2ccc(-c3cc(-c4cnc(-c5ccccc5)nc4)nc(-c4ccccc4)n3)cc21. The van der Waals surface area contributed by atoms with Crippen molar-refractivity contribution < 1.29 is 8.42 Å². The zero-order chi connectivity index (χ0) is 42.6. The summed E-state index contributed by atoms with van der Waals surface area (Å²) in [4.78, 5) is 20.7. The average Bonchev–Trinajstić information content (AvgIpc) is 3.75. The molecule has 6 nitrogen and oxygen atoms in total. The molecule has 0 saturated heterocycles. The molecule has 7 heteroatoms. The molecule has 0 N–H and O–H groups in total. The molecule has 3 aliphatic rings. The quantitative estimate of drug-likeness (QED) is 0.175. The Morgan fingerprint density at radius 3 is 1.56 bits per heavy atom. The van der Waals surface area contributed by atoms with Crippen LogP contribution in [0, 0.1) is 0 Å². The molecule has 1 atom stereocenters. The van der Waals surface area contributed by atoms with Crippen molar-refractivity contribution in [3.05, 3.63) is 229 Å². The summed E-state index contributed by atoms with van der Waals surface area (Å²) in [7, 11) is -3.86. The minimum absolute atomic E-state index is 0.349. The van der Waals surface area contributed by atoms with E-state index in [-0.39, 0.29) is 0 Å². The summed E-state index contributed by atoms with van der Waals surface area (Å²) < 4.78 is 29.7. The summed E-state index contributed by atoms with van der Waals surface area (Å²) in [6.07, 6.45) is 3.65. The van der Waals surface area contributed by atoms with Crippen molar-refractivity contribution in [2.24, 2.45) is 0 Å². The summed E-state index contributed by atoms with van der Waals surface area (Å²) in [6.45, 7) is 0. The minimum Gasteiger partial charge on any atom is -0.236 e. The number of fused-ring (bicyclic) bond motifs is 16. The predicted octanol–water partition coefficient (Wildman–Crippen LogP) is 12.8. The van der Waals surface area contributed by atoms with Crippen LogP contribution in [0.2, 0.25) is 0 Å². The van der Waals surface area contributed by atoms with E-state index in [0.717, 1.165) is 94.7 Å². The molecule has 1 spiro atoms. The molecule has 0 bridgehead atoms. The van der Waals surface area contributed by atoms with Crippen LogP contribution in [0.1, 0.15) is 22.3 Å². The maximum Gasteiger partial charge on any atom is 0.208 e. The zero-order valence-electron chi connectivity index (χ0n) is 34.1. The Hall–Kier alpha value is -8.13. The Bertz CT molecular complexity index is 3680. The second kappa shape index (κ2) is 13.7. The first kappa shape index (κ1) is 36.5. The van der Waals surface area contributed by atoms with Gasteiger partial charge in [-0.05, 0) is 68.3 Å². The standard InChI is InChI=1S/C57H34N4O2S/c62-64(63)52-26-14-11-22-43(52)44-29-30-48-53(54(44)64)45-23-10-13-25-47(45)57(48)46-24-12-9-21-41(46)39-19-7-8-20-40(39)42-28-27-37(31-49(42)57)50-32-51(61-56(60-50)36-17-5-2-6-18-36)38-33-58-55(59-34-38)35-15-3-1-4-16-35/h1-34H. The molecule has 8 aromatic carbocycles. The summed E-state index contributed by atoms with van der Waals surface area (Å²) >= 11 is 0. The van der Waals surface area contributed by atoms with E-state index in [1.807, 2.05) is 109 Å². The lowest BCUT2D eigenvalue weighted by Gasteiger charge is -2.35. The number of nitrogens with zero attached hydrogens (tertiary/aromatic N) is 4. The van der Waals surface area contributed by atoms with Crippen LogP contribution in [-0.4, -0.2) is 28.4 Å². The molecular formula is C57H34N4O2S. The predicted molar refractivity (Wildman–Crippen MR) is 252 cm³/mol. The van der Waals surface area contributed by atoms with Crippen molar-refractivity contribution in [1.82, 2.24) is 19.9 Å². The molecule has 3 heterocycles. The third kappa shape index (κ3) is 5.10. The van der Waals surface area contributed by atoms with Crippen LogP contribution in [-0.2, 0) is 15.3 Å². The van der Waals surface area contributed by atoms with Crippen LogP contribution in [0.3, 0.4) is 0 Å². The number of hydrogen-bond donors (Lipinski definition) is 0. The highest BCUT2D eigenvalue weighted by Gasteiger charge is 2.52. The zero-order valence-corrected chi connectivity index (χ0v) is 35.0. The van der Waals surface area contributed by atoms with Crippen molar-refractivity contribution in [3.63, 3.8) is 0 Å². The lowest BCUT2D eigenvalue weighted by molar-refractivity contribution is 0.599. The summed E-state index contributed by atoms with van der Waals surface area (Å²) in [5.41, 5.74) is 15.6. The van der Waals surface area contributed by atoms with Crippen molar-refractivity contribution in [3.8, 4) is 89.8 Å². The molecule has 1 unspecified atom stereocenters. The topological polar surface area (TPSA) is 85.7 Å². The van der Waals surface area contributed by atoms with Crippen LogP contribution < -0.4 is 0 Å². The molecule has 2 aromatic heterocycles. The number of rotatable bonds is 4. The van der Waals surface area contributed by atoms with Gasteiger partial charge in [-0.25, -0.2) is 28.4 Å². The molecule has 0 amide bonds. The smallest absolute Gasteiger partial charge is 0.208 e. The van der Waals surface area contributed by atoms with Gasteiger partial charge in [0.15, 0.2) is 11.6 Å². The van der Waals surface area contributed by atoms with Gasteiger partial charge in [0.25, 0.3) is 0 Å². The normalized spacial score (nSPS) is 15.5. The Balaban J connectivity index is 1.10. The molecule has 64 heavy (non-hydrogen) atoms. The van der Waals surface area contributed by atoms with Crippen LogP contribution in [0.5, 0.6) is 0 Å². The molecule has 0 fully saturated rings. The third-order valence-electron chi connectivity index (χ3n) is 13.2. The van der Waals surface area contributed by atoms with Crippen molar-refractivity contribution in [1.29, 1.82) is 0 Å². The first-order valence-corrected chi connectivity index (χ1v) is 22.8. The highest BCUT2D eigenvalue weighted by atomic mass is 32.2. The first-order chi connectivity index (χ1) is 31.5. The molecule has 0 saturated carbocycles. The third-order valence-corrected chi connectivity index (χ3v) is 15.1. The summed E-state index contributed by atoms with van der Waals surface area (Å²) in [6, 6.07) is 65.8. The fourth-order valence-corrected chi connectivity index (χ4v) is 12.4. The van der Waals surface area contributed by atoms with Gasteiger partial charge >= 0.3 is 0 Å². The van der Waals surface area contributed by atoms with Gasteiger partial charge in [-0.1, -0.05) is 176 Å². The van der Waals surface area contributed by atoms with Gasteiger partial charge in [0.1, 0.15) is 0 Å². The lowest BCUT2D eigenvalue weighted by Crippen LogP contribution is -2.29. The van der Waals surface area contributed by atoms with Crippen LogP contribution in [0.25, 0.3) is 89.8 Å². The van der Waals surface area contributed by atoms with Crippen molar-refractivity contribution in [2.75, 3.05) is 0 Å².